The van der Waals surface area contributed by atoms with Gasteiger partial charge in [0.05, 0.1) is 17.7 Å². The number of nitrogen functional groups attached to an aromatic ring is 1. The standard InChI is InChI=1S/C44H45N7O9/c45-40-36(24-32(47-48-40)30-4-1-2-6-34(30)52)59-23-18-26-8-10-29(11-9-26)42(56)50-21-16-28(17-22-50)27-14-19-49(20-15-27)38(54)25-60-35-7-3-5-31-39(35)44(58)51(43(31)57)33-12-13-37(53)46-41(33)55/h1-11,24,27-28,33,52H,12-23,25H2,(H2,45,48)(H,46,53,55). The van der Waals surface area contributed by atoms with Crippen LogP contribution >= 0.6 is 0 Å². The van der Waals surface area contributed by atoms with Crippen molar-refractivity contribution in [3.8, 4) is 28.5 Å². The van der Waals surface area contributed by atoms with Crippen LogP contribution in [0.2, 0.25) is 0 Å². The zero-order valence-electron chi connectivity index (χ0n) is 32.9. The second-order valence-corrected chi connectivity index (χ2v) is 15.6. The van der Waals surface area contributed by atoms with Gasteiger partial charge in [-0.05, 0) is 85.9 Å². The van der Waals surface area contributed by atoms with E-state index in [1.54, 1.807) is 41.3 Å². The van der Waals surface area contributed by atoms with Crippen LogP contribution in [0.1, 0.15) is 75.2 Å². The molecule has 60 heavy (non-hydrogen) atoms. The van der Waals surface area contributed by atoms with Crippen molar-refractivity contribution < 1.29 is 43.3 Å². The highest BCUT2D eigenvalue weighted by Crippen LogP contribution is 2.36. The summed E-state index contributed by atoms with van der Waals surface area (Å²) in [6.07, 6.45) is 4.10. The average molecular weight is 816 g/mol. The molecule has 310 valence electrons. The quantitative estimate of drug-likeness (QED) is 0.185. The molecule has 3 saturated heterocycles. The minimum Gasteiger partial charge on any atom is -0.507 e. The van der Waals surface area contributed by atoms with Crippen LogP contribution in [0, 0.1) is 11.8 Å². The molecule has 4 N–H and O–H groups in total. The minimum atomic E-state index is -1.09. The molecular formula is C44H45N7O9. The number of amides is 6. The van der Waals surface area contributed by atoms with Gasteiger partial charge in [0.25, 0.3) is 23.6 Å². The van der Waals surface area contributed by atoms with E-state index in [4.69, 9.17) is 15.2 Å². The second kappa shape index (κ2) is 17.2. The Bertz CT molecular complexity index is 2340. The third-order valence-corrected chi connectivity index (χ3v) is 12.0. The maximum absolute atomic E-state index is 13.4. The lowest BCUT2D eigenvalue weighted by molar-refractivity contribution is -0.136. The summed E-state index contributed by atoms with van der Waals surface area (Å²) in [7, 11) is 0. The molecule has 0 aliphatic carbocycles. The van der Waals surface area contributed by atoms with E-state index in [0.717, 1.165) is 36.1 Å². The number of anilines is 1. The topological polar surface area (TPSA) is 215 Å². The third kappa shape index (κ3) is 8.22. The molecule has 0 spiro atoms. The van der Waals surface area contributed by atoms with Gasteiger partial charge in [0.15, 0.2) is 18.2 Å². The summed E-state index contributed by atoms with van der Waals surface area (Å²) < 4.78 is 11.8. The molecule has 16 heteroatoms. The van der Waals surface area contributed by atoms with Crippen molar-refractivity contribution in [2.24, 2.45) is 11.8 Å². The van der Waals surface area contributed by atoms with E-state index in [1.165, 1.54) is 12.1 Å². The molecule has 3 fully saturated rings. The molecule has 0 bridgehead atoms. The highest BCUT2D eigenvalue weighted by atomic mass is 16.5. The van der Waals surface area contributed by atoms with Gasteiger partial charge in [-0.3, -0.25) is 39.0 Å². The number of fused-ring (bicyclic) bond motifs is 1. The van der Waals surface area contributed by atoms with Crippen LogP contribution in [-0.2, 0) is 20.8 Å². The maximum Gasteiger partial charge on any atom is 0.266 e. The first-order valence-electron chi connectivity index (χ1n) is 20.2. The molecule has 0 radical (unpaired) electrons. The van der Waals surface area contributed by atoms with Crippen LogP contribution in [0.4, 0.5) is 5.82 Å². The Morgan fingerprint density at radius 1 is 0.767 bits per heavy atom. The number of hydrogen-bond donors (Lipinski definition) is 3. The highest BCUT2D eigenvalue weighted by Gasteiger charge is 2.46. The molecule has 6 amide bonds. The Morgan fingerprint density at radius 2 is 1.45 bits per heavy atom. The SMILES string of the molecule is Nc1nnc(-c2ccccc2O)cc1OCCc1ccc(C(=O)N2CCC(C3CCN(C(=O)COc4cccc5c4C(=O)N(C4CCC(=O)NC4=O)C5=O)CC3)CC2)cc1. The van der Waals surface area contributed by atoms with E-state index in [1.807, 2.05) is 29.2 Å². The van der Waals surface area contributed by atoms with Crippen LogP contribution in [-0.4, -0.2) is 111 Å². The summed E-state index contributed by atoms with van der Waals surface area (Å²) in [6, 6.07) is 19.5. The molecule has 16 nitrogen and oxygen atoms in total. The van der Waals surface area contributed by atoms with Gasteiger partial charge in [-0.2, -0.15) is 0 Å². The lowest BCUT2D eigenvalue weighted by Gasteiger charge is -2.40. The predicted molar refractivity (Wildman–Crippen MR) is 216 cm³/mol. The van der Waals surface area contributed by atoms with Crippen LogP contribution < -0.4 is 20.5 Å². The molecule has 4 aliphatic heterocycles. The van der Waals surface area contributed by atoms with Gasteiger partial charge < -0.3 is 30.1 Å². The summed E-state index contributed by atoms with van der Waals surface area (Å²) in [5.74, 6) is -1.11. The second-order valence-electron chi connectivity index (χ2n) is 15.6. The van der Waals surface area contributed by atoms with E-state index < -0.39 is 29.7 Å². The van der Waals surface area contributed by atoms with Gasteiger partial charge in [-0.1, -0.05) is 30.3 Å². The van der Waals surface area contributed by atoms with E-state index in [0.29, 0.717) is 73.6 Å². The van der Waals surface area contributed by atoms with Gasteiger partial charge in [0.2, 0.25) is 11.8 Å². The zero-order valence-corrected chi connectivity index (χ0v) is 32.9. The number of hydrogen-bond acceptors (Lipinski definition) is 12. The Kier molecular flexibility index (Phi) is 11.4. The number of likely N-dealkylation sites (tertiary alicyclic amines) is 2. The predicted octanol–water partition coefficient (Wildman–Crippen LogP) is 3.62. The van der Waals surface area contributed by atoms with Crippen LogP contribution in [0.25, 0.3) is 11.3 Å². The fourth-order valence-electron chi connectivity index (χ4n) is 8.63. The molecule has 4 aromatic rings. The van der Waals surface area contributed by atoms with Crippen molar-refractivity contribution in [3.05, 3.63) is 95.1 Å². The number of aromatic nitrogens is 2. The summed E-state index contributed by atoms with van der Waals surface area (Å²) in [5.41, 5.74) is 8.69. The smallest absolute Gasteiger partial charge is 0.266 e. The van der Waals surface area contributed by atoms with Crippen molar-refractivity contribution >= 4 is 41.3 Å². The lowest BCUT2D eigenvalue weighted by Crippen LogP contribution is -2.54. The van der Waals surface area contributed by atoms with E-state index in [-0.39, 0.29) is 59.7 Å². The van der Waals surface area contributed by atoms with Gasteiger partial charge in [-0.15, -0.1) is 10.2 Å². The Labute approximate surface area is 345 Å². The molecule has 4 aliphatic rings. The number of nitrogens with zero attached hydrogens (tertiary/aromatic N) is 5. The van der Waals surface area contributed by atoms with Crippen molar-refractivity contribution in [3.63, 3.8) is 0 Å². The lowest BCUT2D eigenvalue weighted by atomic mass is 9.78. The molecule has 1 unspecified atom stereocenters. The van der Waals surface area contributed by atoms with Gasteiger partial charge in [0.1, 0.15) is 23.2 Å². The largest absolute Gasteiger partial charge is 0.507 e. The summed E-state index contributed by atoms with van der Waals surface area (Å²) in [6.45, 7) is 2.50. The van der Waals surface area contributed by atoms with Gasteiger partial charge in [0, 0.05) is 56.2 Å². The Hall–Kier alpha value is -6.84. The monoisotopic (exact) mass is 815 g/mol. The Morgan fingerprint density at radius 3 is 2.15 bits per heavy atom. The number of phenols is 1. The normalized spacial score (nSPS) is 18.7. The first-order valence-corrected chi connectivity index (χ1v) is 20.2. The summed E-state index contributed by atoms with van der Waals surface area (Å²) >= 11 is 0. The molecule has 5 heterocycles. The number of aromatic hydroxyl groups is 1. The van der Waals surface area contributed by atoms with E-state index in [2.05, 4.69) is 15.5 Å². The molecule has 3 aromatic carbocycles. The average Bonchev–Trinajstić information content (AvgIpc) is 3.52. The van der Waals surface area contributed by atoms with Crippen molar-refractivity contribution in [2.75, 3.05) is 45.1 Å². The molecule has 1 atom stereocenters. The summed E-state index contributed by atoms with van der Waals surface area (Å²) in [4.78, 5) is 81.8. The maximum atomic E-state index is 13.4. The van der Waals surface area contributed by atoms with Crippen LogP contribution in [0.5, 0.6) is 17.2 Å². The van der Waals surface area contributed by atoms with Crippen LogP contribution in [0.15, 0.2) is 72.8 Å². The Balaban J connectivity index is 0.766. The number of ether oxygens (including phenoxy) is 2. The van der Waals surface area contributed by atoms with Crippen molar-refractivity contribution in [2.45, 2.75) is 51.0 Å². The highest BCUT2D eigenvalue weighted by molar-refractivity contribution is 6.24. The minimum absolute atomic E-state index is 0.00259. The fraction of sp³-hybridized carbons (Fsp3) is 0.364. The number of benzene rings is 3. The number of rotatable bonds is 11. The first-order chi connectivity index (χ1) is 29.0. The number of imide groups is 2. The van der Waals surface area contributed by atoms with E-state index in [9.17, 15) is 33.9 Å². The number of piperidine rings is 3. The number of phenolic OH excluding ortho intramolecular Hbond substituents is 1. The molecular weight excluding hydrogens is 771 g/mol. The first kappa shape index (κ1) is 40.0. The summed E-state index contributed by atoms with van der Waals surface area (Å²) in [5, 5.41) is 20.4. The molecule has 1 aromatic heterocycles. The van der Waals surface area contributed by atoms with Gasteiger partial charge >= 0.3 is 0 Å². The fourth-order valence-corrected chi connectivity index (χ4v) is 8.63. The van der Waals surface area contributed by atoms with Crippen LogP contribution in [0.3, 0.4) is 0 Å². The molecule has 8 rings (SSSR count). The zero-order chi connectivity index (χ0) is 41.9. The number of carbonyl (C=O) groups excluding carboxylic acids is 6. The number of para-hydroxylation sites is 1. The number of nitrogens with one attached hydrogen (secondary N) is 1. The molecule has 0 saturated carbocycles. The third-order valence-electron chi connectivity index (χ3n) is 12.0. The van der Waals surface area contributed by atoms with E-state index >= 15 is 0 Å². The number of nitrogens with two attached hydrogens (primary N) is 1. The van der Waals surface area contributed by atoms with Crippen molar-refractivity contribution in [1.29, 1.82) is 0 Å². The van der Waals surface area contributed by atoms with Gasteiger partial charge in [-0.25, -0.2) is 0 Å². The number of carbonyl (C=O) groups is 6. The van der Waals surface area contributed by atoms with Crippen molar-refractivity contribution in [1.82, 2.24) is 30.2 Å².